The lowest BCUT2D eigenvalue weighted by atomic mass is 10.2. The number of pyridine rings is 1. The first-order chi connectivity index (χ1) is 6.79. The van der Waals surface area contributed by atoms with Gasteiger partial charge in [-0.3, -0.25) is 4.98 Å². The van der Waals surface area contributed by atoms with Crippen LogP contribution < -0.4 is 10.1 Å². The molecule has 0 aliphatic heterocycles. The van der Waals surface area contributed by atoms with E-state index in [9.17, 15) is 0 Å². The summed E-state index contributed by atoms with van der Waals surface area (Å²) in [7, 11) is 1.70. The van der Waals surface area contributed by atoms with Crippen molar-refractivity contribution in [1.29, 1.82) is 0 Å². The van der Waals surface area contributed by atoms with E-state index in [1.54, 1.807) is 7.11 Å². The van der Waals surface area contributed by atoms with Gasteiger partial charge in [-0.25, -0.2) is 0 Å². The lowest BCUT2D eigenvalue weighted by Gasteiger charge is -2.09. The minimum atomic E-state index is 0.723. The van der Waals surface area contributed by atoms with E-state index in [1.165, 1.54) is 12.8 Å². The van der Waals surface area contributed by atoms with Crippen LogP contribution in [-0.4, -0.2) is 18.1 Å². The fourth-order valence-electron chi connectivity index (χ4n) is 1.43. The monoisotopic (exact) mass is 192 g/mol. The predicted octanol–water partition coefficient (Wildman–Crippen LogP) is 1.65. The first kappa shape index (κ1) is 9.46. The van der Waals surface area contributed by atoms with Gasteiger partial charge in [-0.05, 0) is 19.8 Å². The number of rotatable bonds is 4. The van der Waals surface area contributed by atoms with E-state index in [1.807, 2.05) is 19.2 Å². The molecule has 1 fully saturated rings. The first-order valence-corrected chi connectivity index (χ1v) is 5.02. The van der Waals surface area contributed by atoms with Crippen molar-refractivity contribution in [1.82, 2.24) is 10.3 Å². The second kappa shape index (κ2) is 3.96. The van der Waals surface area contributed by atoms with E-state index in [0.717, 1.165) is 29.6 Å². The highest BCUT2D eigenvalue weighted by Crippen LogP contribution is 2.22. The number of methoxy groups -OCH3 is 1. The molecule has 1 aromatic heterocycles. The lowest BCUT2D eigenvalue weighted by Crippen LogP contribution is -2.16. The van der Waals surface area contributed by atoms with Crippen LogP contribution in [0.5, 0.6) is 5.75 Å². The van der Waals surface area contributed by atoms with Crippen molar-refractivity contribution in [3.63, 3.8) is 0 Å². The summed E-state index contributed by atoms with van der Waals surface area (Å²) in [6, 6.07) is 2.70. The Bertz CT molecular complexity index is 321. The van der Waals surface area contributed by atoms with Crippen molar-refractivity contribution in [2.45, 2.75) is 32.4 Å². The third-order valence-electron chi connectivity index (χ3n) is 2.46. The van der Waals surface area contributed by atoms with Gasteiger partial charge in [0.1, 0.15) is 5.75 Å². The minimum absolute atomic E-state index is 0.723. The molecular weight excluding hydrogens is 176 g/mol. The number of hydrogen-bond acceptors (Lipinski definition) is 3. The molecule has 0 atom stereocenters. The molecule has 0 saturated heterocycles. The van der Waals surface area contributed by atoms with Gasteiger partial charge >= 0.3 is 0 Å². The number of nitrogens with zero attached hydrogens (tertiary/aromatic N) is 1. The highest BCUT2D eigenvalue weighted by atomic mass is 16.5. The Morgan fingerprint density at radius 2 is 2.36 bits per heavy atom. The van der Waals surface area contributed by atoms with Gasteiger partial charge in [-0.15, -0.1) is 0 Å². The van der Waals surface area contributed by atoms with Crippen LogP contribution in [0.4, 0.5) is 0 Å². The molecule has 0 aromatic carbocycles. The molecule has 3 nitrogen and oxygen atoms in total. The maximum atomic E-state index is 5.30. The molecular formula is C11H16N2O. The van der Waals surface area contributed by atoms with E-state index >= 15 is 0 Å². The quantitative estimate of drug-likeness (QED) is 0.787. The Kier molecular flexibility index (Phi) is 2.68. The predicted molar refractivity (Wildman–Crippen MR) is 55.4 cm³/mol. The topological polar surface area (TPSA) is 34.1 Å². The fourth-order valence-corrected chi connectivity index (χ4v) is 1.43. The van der Waals surface area contributed by atoms with Crippen molar-refractivity contribution in [3.05, 3.63) is 23.5 Å². The molecule has 3 heteroatoms. The average molecular weight is 192 g/mol. The van der Waals surface area contributed by atoms with Crippen molar-refractivity contribution in [2.24, 2.45) is 0 Å². The average Bonchev–Trinajstić information content (AvgIpc) is 2.99. The molecule has 0 unspecified atom stereocenters. The van der Waals surface area contributed by atoms with Crippen LogP contribution in [0.3, 0.4) is 0 Å². The van der Waals surface area contributed by atoms with Crippen LogP contribution >= 0.6 is 0 Å². The molecule has 76 valence electrons. The Morgan fingerprint density at radius 3 is 3.00 bits per heavy atom. The van der Waals surface area contributed by atoms with Gasteiger partial charge in [0, 0.05) is 36.1 Å². The molecule has 1 aromatic rings. The molecule has 2 rings (SSSR count). The largest absolute Gasteiger partial charge is 0.496 e. The van der Waals surface area contributed by atoms with Gasteiger partial charge in [0.15, 0.2) is 0 Å². The summed E-state index contributed by atoms with van der Waals surface area (Å²) in [5.74, 6) is 0.936. The summed E-state index contributed by atoms with van der Waals surface area (Å²) in [5, 5.41) is 3.45. The highest BCUT2D eigenvalue weighted by molar-refractivity contribution is 5.32. The van der Waals surface area contributed by atoms with E-state index < -0.39 is 0 Å². The Labute approximate surface area is 84.5 Å². The van der Waals surface area contributed by atoms with Crippen LogP contribution in [0.2, 0.25) is 0 Å². The molecule has 14 heavy (non-hydrogen) atoms. The van der Waals surface area contributed by atoms with Crippen LogP contribution in [0.15, 0.2) is 12.3 Å². The zero-order valence-corrected chi connectivity index (χ0v) is 8.71. The number of aryl methyl sites for hydroxylation is 1. The van der Waals surface area contributed by atoms with E-state index in [-0.39, 0.29) is 0 Å². The summed E-state index contributed by atoms with van der Waals surface area (Å²) >= 11 is 0. The van der Waals surface area contributed by atoms with Crippen LogP contribution in [0.25, 0.3) is 0 Å². The van der Waals surface area contributed by atoms with Crippen LogP contribution in [0.1, 0.15) is 24.1 Å². The molecule has 1 N–H and O–H groups in total. The molecule has 1 aliphatic carbocycles. The van der Waals surface area contributed by atoms with E-state index in [2.05, 4.69) is 10.3 Å². The normalized spacial score (nSPS) is 15.6. The number of hydrogen-bond donors (Lipinski definition) is 1. The molecule has 1 saturated carbocycles. The van der Waals surface area contributed by atoms with Gasteiger partial charge in [-0.2, -0.15) is 0 Å². The van der Waals surface area contributed by atoms with Crippen LogP contribution in [0, 0.1) is 6.92 Å². The van der Waals surface area contributed by atoms with Gasteiger partial charge < -0.3 is 10.1 Å². The molecule has 0 amide bonds. The van der Waals surface area contributed by atoms with Crippen molar-refractivity contribution in [2.75, 3.05) is 7.11 Å². The van der Waals surface area contributed by atoms with E-state index in [4.69, 9.17) is 4.74 Å². The SMILES string of the molecule is COc1cc(C)ncc1CNC1CC1. The summed E-state index contributed by atoms with van der Waals surface area (Å²) in [5.41, 5.74) is 2.14. The zero-order valence-electron chi connectivity index (χ0n) is 8.71. The van der Waals surface area contributed by atoms with Gasteiger partial charge in [0.2, 0.25) is 0 Å². The standard InChI is InChI=1S/C11H16N2O/c1-8-5-11(14-2)9(6-12-8)7-13-10-3-4-10/h5-6,10,13H,3-4,7H2,1-2H3. The van der Waals surface area contributed by atoms with Crippen molar-refractivity contribution < 1.29 is 4.74 Å². The van der Waals surface area contributed by atoms with Crippen molar-refractivity contribution in [3.8, 4) is 5.75 Å². The van der Waals surface area contributed by atoms with Gasteiger partial charge in [-0.1, -0.05) is 0 Å². The third kappa shape index (κ3) is 2.23. The summed E-state index contributed by atoms with van der Waals surface area (Å²) in [6.07, 6.45) is 4.51. The first-order valence-electron chi connectivity index (χ1n) is 5.02. The molecule has 1 aliphatic rings. The van der Waals surface area contributed by atoms with E-state index in [0.29, 0.717) is 0 Å². The second-order valence-corrected chi connectivity index (χ2v) is 3.79. The molecule has 0 radical (unpaired) electrons. The highest BCUT2D eigenvalue weighted by Gasteiger charge is 2.20. The second-order valence-electron chi connectivity index (χ2n) is 3.79. The van der Waals surface area contributed by atoms with Crippen LogP contribution in [-0.2, 0) is 6.54 Å². The third-order valence-corrected chi connectivity index (χ3v) is 2.46. The summed E-state index contributed by atoms with van der Waals surface area (Å²) in [6.45, 7) is 2.84. The number of nitrogens with one attached hydrogen (secondary N) is 1. The summed E-state index contributed by atoms with van der Waals surface area (Å²) in [4.78, 5) is 4.27. The number of aromatic nitrogens is 1. The van der Waals surface area contributed by atoms with Gasteiger partial charge in [0.05, 0.1) is 7.11 Å². The fraction of sp³-hybridized carbons (Fsp3) is 0.545. The maximum absolute atomic E-state index is 5.30. The maximum Gasteiger partial charge on any atom is 0.126 e. The Morgan fingerprint density at radius 1 is 1.57 bits per heavy atom. The Hall–Kier alpha value is -1.09. The minimum Gasteiger partial charge on any atom is -0.496 e. The van der Waals surface area contributed by atoms with Gasteiger partial charge in [0.25, 0.3) is 0 Å². The molecule has 1 heterocycles. The zero-order chi connectivity index (χ0) is 9.97. The number of ether oxygens (including phenoxy) is 1. The molecule has 0 bridgehead atoms. The smallest absolute Gasteiger partial charge is 0.126 e. The molecule has 0 spiro atoms. The van der Waals surface area contributed by atoms with Crippen molar-refractivity contribution >= 4 is 0 Å². The lowest BCUT2D eigenvalue weighted by molar-refractivity contribution is 0.406. The Balaban J connectivity index is 2.05. The summed E-state index contributed by atoms with van der Waals surface area (Å²) < 4.78 is 5.30.